The molecule has 0 radical (unpaired) electrons. The van der Waals surface area contributed by atoms with Gasteiger partial charge in [-0.2, -0.15) is 0 Å². The molecular formula is C15H20N2O3. The molecule has 0 spiro atoms. The van der Waals surface area contributed by atoms with Crippen molar-refractivity contribution in [2.45, 2.75) is 25.4 Å². The molecule has 2 saturated heterocycles. The Morgan fingerprint density at radius 3 is 3.10 bits per heavy atom. The molecule has 0 aliphatic carbocycles. The summed E-state index contributed by atoms with van der Waals surface area (Å²) in [5, 5.41) is 12.9. The van der Waals surface area contributed by atoms with Gasteiger partial charge in [0.05, 0.1) is 5.54 Å². The van der Waals surface area contributed by atoms with E-state index < -0.39 is 0 Å². The molecule has 0 bridgehead atoms. The van der Waals surface area contributed by atoms with Crippen molar-refractivity contribution in [2.24, 2.45) is 5.92 Å². The highest BCUT2D eigenvalue weighted by Crippen LogP contribution is 2.36. The molecule has 2 heterocycles. The fourth-order valence-electron chi connectivity index (χ4n) is 3.18. The maximum Gasteiger partial charge on any atom is 0.410 e. The molecule has 1 aromatic rings. The number of nitrogens with one attached hydrogen (secondary N) is 1. The number of hydrogen-bond acceptors (Lipinski definition) is 4. The van der Waals surface area contributed by atoms with Crippen molar-refractivity contribution in [3.8, 4) is 5.75 Å². The Labute approximate surface area is 118 Å². The van der Waals surface area contributed by atoms with Gasteiger partial charge in [0.25, 0.3) is 0 Å². The zero-order valence-corrected chi connectivity index (χ0v) is 11.6. The predicted octanol–water partition coefficient (Wildman–Crippen LogP) is 1.71. The van der Waals surface area contributed by atoms with Gasteiger partial charge in [-0.05, 0) is 43.5 Å². The largest absolute Gasteiger partial charge is 0.508 e. The molecule has 0 aromatic heterocycles. The smallest absolute Gasteiger partial charge is 0.410 e. The molecule has 20 heavy (non-hydrogen) atoms. The Hall–Kier alpha value is -1.75. The number of ether oxygens (including phenoxy) is 1. The number of hydrogen-bond donors (Lipinski definition) is 2. The third-order valence-electron chi connectivity index (χ3n) is 4.52. The minimum atomic E-state index is -0.272. The van der Waals surface area contributed by atoms with Crippen molar-refractivity contribution in [3.63, 3.8) is 0 Å². The van der Waals surface area contributed by atoms with E-state index in [1.54, 1.807) is 23.1 Å². The summed E-state index contributed by atoms with van der Waals surface area (Å²) >= 11 is 0. The van der Waals surface area contributed by atoms with Crippen molar-refractivity contribution < 1.29 is 14.6 Å². The SMILES string of the molecule is CC1(C2CCNC2)COC(=O)N1Cc1cccc(O)c1. The highest BCUT2D eigenvalue weighted by atomic mass is 16.6. The van der Waals surface area contributed by atoms with Crippen molar-refractivity contribution in [1.29, 1.82) is 0 Å². The lowest BCUT2D eigenvalue weighted by molar-refractivity contribution is 0.117. The number of nitrogens with zero attached hydrogens (tertiary/aromatic N) is 1. The van der Waals surface area contributed by atoms with Gasteiger partial charge in [0.2, 0.25) is 0 Å². The second-order valence-corrected chi connectivity index (χ2v) is 5.86. The van der Waals surface area contributed by atoms with Crippen molar-refractivity contribution in [2.75, 3.05) is 19.7 Å². The number of aromatic hydroxyl groups is 1. The van der Waals surface area contributed by atoms with E-state index in [1.807, 2.05) is 6.07 Å². The minimum Gasteiger partial charge on any atom is -0.508 e. The van der Waals surface area contributed by atoms with Crippen molar-refractivity contribution >= 4 is 6.09 Å². The molecule has 5 heteroatoms. The third kappa shape index (κ3) is 2.22. The summed E-state index contributed by atoms with van der Waals surface area (Å²) in [6, 6.07) is 7.03. The lowest BCUT2D eigenvalue weighted by Crippen LogP contribution is -2.50. The average Bonchev–Trinajstić information content (AvgIpc) is 3.04. The van der Waals surface area contributed by atoms with E-state index in [9.17, 15) is 9.90 Å². The molecule has 2 aliphatic rings. The van der Waals surface area contributed by atoms with Crippen LogP contribution >= 0.6 is 0 Å². The quantitative estimate of drug-likeness (QED) is 0.882. The first kappa shape index (κ1) is 13.2. The molecule has 2 aliphatic heterocycles. The van der Waals surface area contributed by atoms with E-state index in [1.165, 1.54) is 0 Å². The van der Waals surface area contributed by atoms with E-state index in [-0.39, 0.29) is 17.4 Å². The van der Waals surface area contributed by atoms with Crippen LogP contribution in [-0.2, 0) is 11.3 Å². The molecule has 2 unspecified atom stereocenters. The van der Waals surface area contributed by atoms with Crippen LogP contribution in [0.5, 0.6) is 5.75 Å². The normalized spacial score (nSPS) is 29.8. The van der Waals surface area contributed by atoms with Crippen LogP contribution < -0.4 is 5.32 Å². The molecule has 5 nitrogen and oxygen atoms in total. The number of phenolic OH excluding ortho intramolecular Hbond substituents is 1. The first-order valence-electron chi connectivity index (χ1n) is 7.02. The van der Waals surface area contributed by atoms with Gasteiger partial charge in [0, 0.05) is 13.1 Å². The van der Waals surface area contributed by atoms with Gasteiger partial charge >= 0.3 is 6.09 Å². The summed E-state index contributed by atoms with van der Waals surface area (Å²) in [4.78, 5) is 13.9. The molecule has 2 atom stereocenters. The number of cyclic esters (lactones) is 1. The minimum absolute atomic E-state index is 0.222. The van der Waals surface area contributed by atoms with Gasteiger partial charge in [0.1, 0.15) is 12.4 Å². The van der Waals surface area contributed by atoms with E-state index in [0.29, 0.717) is 19.1 Å². The number of amides is 1. The van der Waals surface area contributed by atoms with Crippen molar-refractivity contribution in [3.05, 3.63) is 29.8 Å². The molecule has 1 aromatic carbocycles. The van der Waals surface area contributed by atoms with E-state index >= 15 is 0 Å². The zero-order valence-electron chi connectivity index (χ0n) is 11.6. The van der Waals surface area contributed by atoms with Crippen LogP contribution in [0.4, 0.5) is 4.79 Å². The fraction of sp³-hybridized carbons (Fsp3) is 0.533. The van der Waals surface area contributed by atoms with Crippen LogP contribution in [0, 0.1) is 5.92 Å². The Morgan fingerprint density at radius 2 is 2.40 bits per heavy atom. The Balaban J connectivity index is 1.83. The molecule has 2 N–H and O–H groups in total. The zero-order chi connectivity index (χ0) is 14.2. The second-order valence-electron chi connectivity index (χ2n) is 5.86. The summed E-state index contributed by atoms with van der Waals surface area (Å²) in [6.45, 7) is 4.92. The Bertz CT molecular complexity index is 514. The van der Waals surface area contributed by atoms with Crippen LogP contribution in [0.25, 0.3) is 0 Å². The van der Waals surface area contributed by atoms with E-state index in [0.717, 1.165) is 25.1 Å². The molecule has 3 rings (SSSR count). The number of carbonyl (C=O) groups excluding carboxylic acids is 1. The average molecular weight is 276 g/mol. The lowest BCUT2D eigenvalue weighted by Gasteiger charge is -2.36. The van der Waals surface area contributed by atoms with Crippen LogP contribution in [0.3, 0.4) is 0 Å². The van der Waals surface area contributed by atoms with E-state index in [2.05, 4.69) is 12.2 Å². The standard InChI is InChI=1S/C15H20N2O3/c1-15(12-5-6-16-8-12)10-20-14(19)17(15)9-11-3-2-4-13(18)7-11/h2-4,7,12,16,18H,5-6,8-10H2,1H3. The Kier molecular flexibility index (Phi) is 3.30. The highest BCUT2D eigenvalue weighted by Gasteiger charge is 2.49. The number of benzene rings is 1. The lowest BCUT2D eigenvalue weighted by atomic mass is 9.84. The molecule has 1 amide bonds. The van der Waals surface area contributed by atoms with Gasteiger partial charge in [0.15, 0.2) is 0 Å². The maximum absolute atomic E-state index is 12.1. The maximum atomic E-state index is 12.1. The third-order valence-corrected chi connectivity index (χ3v) is 4.52. The molecular weight excluding hydrogens is 256 g/mol. The van der Waals surface area contributed by atoms with Gasteiger partial charge in [-0.25, -0.2) is 4.79 Å². The van der Waals surface area contributed by atoms with Crippen LogP contribution in [0.15, 0.2) is 24.3 Å². The summed E-state index contributed by atoms with van der Waals surface area (Å²) in [5.41, 5.74) is 0.646. The second kappa shape index (κ2) is 4.98. The van der Waals surface area contributed by atoms with Crippen LogP contribution in [0.1, 0.15) is 18.9 Å². The monoisotopic (exact) mass is 276 g/mol. The van der Waals surface area contributed by atoms with Gasteiger partial charge < -0.3 is 15.2 Å². The van der Waals surface area contributed by atoms with E-state index in [4.69, 9.17) is 4.74 Å². The topological polar surface area (TPSA) is 61.8 Å². The highest BCUT2D eigenvalue weighted by molar-refractivity contribution is 5.71. The van der Waals surface area contributed by atoms with Gasteiger partial charge in [-0.3, -0.25) is 4.90 Å². The summed E-state index contributed by atoms with van der Waals surface area (Å²) in [7, 11) is 0. The predicted molar refractivity (Wildman–Crippen MR) is 74.4 cm³/mol. The van der Waals surface area contributed by atoms with Crippen LogP contribution in [0.2, 0.25) is 0 Å². The summed E-state index contributed by atoms with van der Waals surface area (Å²) < 4.78 is 5.29. The van der Waals surface area contributed by atoms with Gasteiger partial charge in [-0.1, -0.05) is 12.1 Å². The number of carbonyl (C=O) groups is 1. The number of rotatable bonds is 3. The summed E-state index contributed by atoms with van der Waals surface area (Å²) in [6.07, 6.45) is 0.798. The first-order chi connectivity index (χ1) is 9.59. The fourth-order valence-corrected chi connectivity index (χ4v) is 3.18. The molecule has 2 fully saturated rings. The van der Waals surface area contributed by atoms with Crippen LogP contribution in [-0.4, -0.2) is 41.3 Å². The first-order valence-corrected chi connectivity index (χ1v) is 7.02. The van der Waals surface area contributed by atoms with Crippen molar-refractivity contribution in [1.82, 2.24) is 10.2 Å². The van der Waals surface area contributed by atoms with Gasteiger partial charge in [-0.15, -0.1) is 0 Å². The Morgan fingerprint density at radius 1 is 1.55 bits per heavy atom. The number of phenols is 1. The molecule has 0 saturated carbocycles. The summed E-state index contributed by atoms with van der Waals surface area (Å²) in [5.74, 6) is 0.630. The molecule has 108 valence electrons.